The van der Waals surface area contributed by atoms with Crippen LogP contribution in [0.3, 0.4) is 0 Å². The normalized spacial score (nSPS) is 18.6. The van der Waals surface area contributed by atoms with Gasteiger partial charge in [0, 0.05) is 6.04 Å². The predicted molar refractivity (Wildman–Crippen MR) is 131 cm³/mol. The SMILES string of the molecule is Cc1ccc(S(=O)(=O)NC2CCCCC2N(O)C(=O)C(c2ccccc2)c2ccccc2)cc1. The van der Waals surface area contributed by atoms with E-state index in [-0.39, 0.29) is 4.90 Å². The van der Waals surface area contributed by atoms with Crippen molar-refractivity contribution in [2.75, 3.05) is 0 Å². The molecule has 2 atom stereocenters. The van der Waals surface area contributed by atoms with E-state index < -0.39 is 33.9 Å². The molecule has 3 aromatic rings. The summed E-state index contributed by atoms with van der Waals surface area (Å²) in [6.45, 7) is 1.89. The van der Waals surface area contributed by atoms with E-state index in [1.54, 1.807) is 24.3 Å². The first-order chi connectivity index (χ1) is 16.4. The Hall–Kier alpha value is -3.00. The second kappa shape index (κ2) is 10.5. The molecule has 1 fully saturated rings. The summed E-state index contributed by atoms with van der Waals surface area (Å²) in [5, 5.41) is 11.9. The van der Waals surface area contributed by atoms with Crippen LogP contribution in [0.5, 0.6) is 0 Å². The molecule has 2 unspecified atom stereocenters. The molecule has 0 heterocycles. The number of hydrogen-bond acceptors (Lipinski definition) is 4. The zero-order valence-electron chi connectivity index (χ0n) is 19.2. The summed E-state index contributed by atoms with van der Waals surface area (Å²) in [5.74, 6) is -1.16. The number of nitrogens with one attached hydrogen (secondary N) is 1. The molecule has 0 spiro atoms. The van der Waals surface area contributed by atoms with Crippen molar-refractivity contribution in [2.24, 2.45) is 0 Å². The average Bonchev–Trinajstić information content (AvgIpc) is 2.85. The second-order valence-corrected chi connectivity index (χ2v) is 10.5. The van der Waals surface area contributed by atoms with Gasteiger partial charge in [0.2, 0.25) is 10.0 Å². The Kier molecular flexibility index (Phi) is 7.46. The summed E-state index contributed by atoms with van der Waals surface area (Å²) < 4.78 is 28.8. The van der Waals surface area contributed by atoms with Crippen molar-refractivity contribution in [3.8, 4) is 0 Å². The van der Waals surface area contributed by atoms with Gasteiger partial charge >= 0.3 is 0 Å². The monoisotopic (exact) mass is 478 g/mol. The van der Waals surface area contributed by atoms with E-state index in [4.69, 9.17) is 0 Å². The maximum Gasteiger partial charge on any atom is 0.258 e. The number of benzene rings is 3. The summed E-state index contributed by atoms with van der Waals surface area (Å²) >= 11 is 0. The van der Waals surface area contributed by atoms with Crippen LogP contribution in [-0.2, 0) is 14.8 Å². The van der Waals surface area contributed by atoms with Crippen LogP contribution in [0.2, 0.25) is 0 Å². The van der Waals surface area contributed by atoms with Crippen molar-refractivity contribution in [1.29, 1.82) is 0 Å². The number of rotatable bonds is 7. The van der Waals surface area contributed by atoms with E-state index in [1.807, 2.05) is 67.6 Å². The quantitative estimate of drug-likeness (QED) is 0.383. The van der Waals surface area contributed by atoms with Gasteiger partial charge < -0.3 is 0 Å². The van der Waals surface area contributed by atoms with Crippen molar-refractivity contribution < 1.29 is 18.4 Å². The highest BCUT2D eigenvalue weighted by atomic mass is 32.2. The molecule has 2 N–H and O–H groups in total. The predicted octanol–water partition coefficient (Wildman–Crippen LogP) is 4.63. The molecule has 34 heavy (non-hydrogen) atoms. The Morgan fingerprint density at radius 2 is 1.41 bits per heavy atom. The Balaban J connectivity index is 1.60. The summed E-state index contributed by atoms with van der Waals surface area (Å²) in [5.41, 5.74) is 2.50. The smallest absolute Gasteiger partial charge is 0.258 e. The first kappa shape index (κ1) is 24.1. The lowest BCUT2D eigenvalue weighted by Crippen LogP contribution is -2.54. The molecule has 178 valence electrons. The third kappa shape index (κ3) is 5.38. The van der Waals surface area contributed by atoms with Crippen molar-refractivity contribution in [1.82, 2.24) is 9.79 Å². The molecule has 1 aliphatic rings. The van der Waals surface area contributed by atoms with Gasteiger partial charge in [0.05, 0.1) is 16.9 Å². The fraction of sp³-hybridized carbons (Fsp3) is 0.296. The lowest BCUT2D eigenvalue weighted by Gasteiger charge is -2.37. The molecule has 0 bridgehead atoms. The van der Waals surface area contributed by atoms with Gasteiger partial charge in [0.15, 0.2) is 0 Å². The molecule has 1 aliphatic carbocycles. The number of amides is 1. The minimum atomic E-state index is -3.79. The van der Waals surface area contributed by atoms with Crippen LogP contribution in [-0.4, -0.2) is 36.7 Å². The summed E-state index contributed by atoms with van der Waals surface area (Å²) in [6, 6.07) is 24.0. The fourth-order valence-corrected chi connectivity index (χ4v) is 5.89. The lowest BCUT2D eigenvalue weighted by molar-refractivity contribution is -0.181. The largest absolute Gasteiger partial charge is 0.286 e. The number of hydroxylamine groups is 2. The van der Waals surface area contributed by atoms with E-state index in [9.17, 15) is 18.4 Å². The molecular weight excluding hydrogens is 448 g/mol. The lowest BCUT2D eigenvalue weighted by atomic mass is 9.87. The van der Waals surface area contributed by atoms with E-state index in [0.29, 0.717) is 12.8 Å². The second-order valence-electron chi connectivity index (χ2n) is 8.83. The number of carbonyl (C=O) groups is 1. The first-order valence-electron chi connectivity index (χ1n) is 11.6. The maximum absolute atomic E-state index is 13.7. The third-order valence-electron chi connectivity index (χ3n) is 6.42. The topological polar surface area (TPSA) is 86.7 Å². The Labute approximate surface area is 201 Å². The van der Waals surface area contributed by atoms with E-state index in [2.05, 4.69) is 4.72 Å². The van der Waals surface area contributed by atoms with Crippen molar-refractivity contribution in [3.63, 3.8) is 0 Å². The number of hydrogen-bond donors (Lipinski definition) is 2. The van der Waals surface area contributed by atoms with Crippen LogP contribution < -0.4 is 4.72 Å². The zero-order chi connectivity index (χ0) is 24.1. The zero-order valence-corrected chi connectivity index (χ0v) is 20.0. The van der Waals surface area contributed by atoms with E-state index in [0.717, 1.165) is 34.6 Å². The van der Waals surface area contributed by atoms with Gasteiger partial charge in [-0.05, 0) is 43.0 Å². The van der Waals surface area contributed by atoms with E-state index in [1.165, 1.54) is 0 Å². The Bertz CT molecular complexity index is 1160. The molecule has 6 nitrogen and oxygen atoms in total. The number of carbonyl (C=O) groups excluding carboxylic acids is 1. The van der Waals surface area contributed by atoms with E-state index >= 15 is 0 Å². The molecule has 4 rings (SSSR count). The van der Waals surface area contributed by atoms with Gasteiger partial charge in [0.25, 0.3) is 5.91 Å². The summed E-state index contributed by atoms with van der Waals surface area (Å²) in [7, 11) is -3.79. The highest BCUT2D eigenvalue weighted by molar-refractivity contribution is 7.89. The van der Waals surface area contributed by atoms with Crippen molar-refractivity contribution in [2.45, 2.75) is 55.5 Å². The van der Waals surface area contributed by atoms with Crippen LogP contribution in [0.4, 0.5) is 0 Å². The van der Waals surface area contributed by atoms with Gasteiger partial charge in [-0.3, -0.25) is 10.0 Å². The molecule has 7 heteroatoms. The molecular formula is C27H30N2O4S. The average molecular weight is 479 g/mol. The summed E-state index contributed by atoms with van der Waals surface area (Å²) in [6.07, 6.45) is 2.68. The highest BCUT2D eigenvalue weighted by Gasteiger charge is 2.38. The summed E-state index contributed by atoms with van der Waals surface area (Å²) in [4.78, 5) is 13.8. The molecule has 0 saturated heterocycles. The van der Waals surface area contributed by atoms with Crippen LogP contribution in [0.1, 0.15) is 48.3 Å². The van der Waals surface area contributed by atoms with Crippen molar-refractivity contribution >= 4 is 15.9 Å². The van der Waals surface area contributed by atoms with Gasteiger partial charge in [-0.2, -0.15) is 0 Å². The maximum atomic E-state index is 13.7. The molecule has 0 radical (unpaired) electrons. The van der Waals surface area contributed by atoms with Crippen molar-refractivity contribution in [3.05, 3.63) is 102 Å². The van der Waals surface area contributed by atoms with Crippen LogP contribution in [0.15, 0.2) is 89.8 Å². The first-order valence-corrected chi connectivity index (χ1v) is 13.1. The molecule has 3 aromatic carbocycles. The van der Waals surface area contributed by atoms with Gasteiger partial charge in [0.1, 0.15) is 0 Å². The number of nitrogens with zero attached hydrogens (tertiary/aromatic N) is 1. The van der Waals surface area contributed by atoms with Gasteiger partial charge in [-0.25, -0.2) is 18.2 Å². The number of aryl methyl sites for hydroxylation is 1. The minimum absolute atomic E-state index is 0.171. The molecule has 0 aromatic heterocycles. The molecule has 1 saturated carbocycles. The van der Waals surface area contributed by atoms with Crippen LogP contribution in [0.25, 0.3) is 0 Å². The fourth-order valence-electron chi connectivity index (χ4n) is 4.59. The Morgan fingerprint density at radius 3 is 1.97 bits per heavy atom. The molecule has 1 amide bonds. The van der Waals surface area contributed by atoms with Gasteiger partial charge in [-0.1, -0.05) is 91.2 Å². The highest BCUT2D eigenvalue weighted by Crippen LogP contribution is 2.30. The minimum Gasteiger partial charge on any atom is -0.286 e. The van der Waals surface area contributed by atoms with Crippen LogP contribution >= 0.6 is 0 Å². The third-order valence-corrected chi connectivity index (χ3v) is 7.93. The standard InChI is InChI=1S/C27H30N2O4S/c1-20-16-18-23(19-17-20)34(32,33)28-24-14-8-9-15-25(24)29(31)27(30)26(21-10-4-2-5-11-21)22-12-6-3-7-13-22/h2-7,10-13,16-19,24-26,28,31H,8-9,14-15H2,1H3. The van der Waals surface area contributed by atoms with Gasteiger partial charge in [-0.15, -0.1) is 0 Å². The van der Waals surface area contributed by atoms with Crippen LogP contribution in [0, 0.1) is 6.92 Å². The number of sulfonamides is 1. The molecule has 0 aliphatic heterocycles. The Morgan fingerprint density at radius 1 is 0.882 bits per heavy atom.